The molecule has 20 heavy (non-hydrogen) atoms. The van der Waals surface area contributed by atoms with Crippen LogP contribution in [-0.2, 0) is 11.2 Å². The maximum atomic E-state index is 12.2. The van der Waals surface area contributed by atoms with Gasteiger partial charge in [-0.25, -0.2) is 4.98 Å². The summed E-state index contributed by atoms with van der Waals surface area (Å²) in [7, 11) is 0. The van der Waals surface area contributed by atoms with E-state index >= 15 is 0 Å². The first-order valence-electron chi connectivity index (χ1n) is 6.61. The first-order valence-corrected chi connectivity index (χ1v) is 8.37. The van der Waals surface area contributed by atoms with Gasteiger partial charge >= 0.3 is 0 Å². The van der Waals surface area contributed by atoms with Crippen molar-refractivity contribution in [3.63, 3.8) is 0 Å². The van der Waals surface area contributed by atoms with Gasteiger partial charge in [-0.1, -0.05) is 6.07 Å². The number of hydrogen-bond acceptors (Lipinski definition) is 5. The number of carbonyl (C=O) groups excluding carboxylic acids is 1. The number of thiazole rings is 1. The lowest BCUT2D eigenvalue weighted by molar-refractivity contribution is -0.130. The van der Waals surface area contributed by atoms with Gasteiger partial charge in [0.15, 0.2) is 0 Å². The highest BCUT2D eigenvalue weighted by Gasteiger charge is 2.14. The van der Waals surface area contributed by atoms with E-state index in [0.717, 1.165) is 15.6 Å². The average molecular weight is 310 g/mol. The number of aromatic nitrogens is 1. The van der Waals surface area contributed by atoms with Gasteiger partial charge in [-0.3, -0.25) is 4.79 Å². The fourth-order valence-electron chi connectivity index (χ4n) is 1.89. The third-order valence-electron chi connectivity index (χ3n) is 2.94. The Balaban J connectivity index is 1.97. The van der Waals surface area contributed by atoms with Crippen molar-refractivity contribution in [3.8, 4) is 9.88 Å². The molecule has 4 nitrogen and oxygen atoms in total. The third-order valence-corrected chi connectivity index (χ3v) is 4.87. The fraction of sp³-hybridized carbons (Fsp3) is 0.429. The molecular weight excluding hydrogens is 292 g/mol. The van der Waals surface area contributed by atoms with E-state index in [9.17, 15) is 4.79 Å². The molecule has 2 aromatic rings. The Kier molecular flexibility index (Phi) is 5.70. The molecule has 2 rings (SSSR count). The van der Waals surface area contributed by atoms with Gasteiger partial charge in [0.1, 0.15) is 5.01 Å². The molecule has 0 unspecified atom stereocenters. The van der Waals surface area contributed by atoms with Crippen molar-refractivity contribution in [2.75, 3.05) is 19.7 Å². The van der Waals surface area contributed by atoms with E-state index in [0.29, 0.717) is 25.9 Å². The first-order chi connectivity index (χ1) is 9.74. The van der Waals surface area contributed by atoms with E-state index in [-0.39, 0.29) is 12.5 Å². The van der Waals surface area contributed by atoms with E-state index in [1.807, 2.05) is 29.8 Å². The van der Waals surface area contributed by atoms with Crippen LogP contribution < -0.4 is 0 Å². The molecular formula is C14H18N2O2S2. The molecule has 0 saturated carbocycles. The molecule has 0 bridgehead atoms. The molecule has 0 radical (unpaired) electrons. The summed E-state index contributed by atoms with van der Waals surface area (Å²) in [4.78, 5) is 19.6. The Labute approximate surface area is 126 Å². The summed E-state index contributed by atoms with van der Waals surface area (Å²) in [6.45, 7) is 3.34. The van der Waals surface area contributed by atoms with E-state index in [4.69, 9.17) is 5.11 Å². The monoisotopic (exact) mass is 310 g/mol. The Morgan fingerprint density at radius 3 is 2.95 bits per heavy atom. The number of hydrogen-bond donors (Lipinski definition) is 1. The lowest BCUT2D eigenvalue weighted by atomic mass is 10.3. The molecule has 0 aliphatic carbocycles. The van der Waals surface area contributed by atoms with Gasteiger partial charge in [-0.2, -0.15) is 0 Å². The standard InChI is InChI=1S/C14H18N2O2S2/c1-2-16(6-4-7-17)13(18)9-11-10-20-14(15-11)12-5-3-8-19-12/h3,5,8,10,17H,2,4,6-7,9H2,1H3. The minimum absolute atomic E-state index is 0.0731. The Hall–Kier alpha value is -1.24. The van der Waals surface area contributed by atoms with Gasteiger partial charge in [-0.15, -0.1) is 22.7 Å². The molecule has 0 spiro atoms. The maximum absolute atomic E-state index is 12.2. The van der Waals surface area contributed by atoms with Crippen molar-refractivity contribution >= 4 is 28.6 Å². The number of aliphatic hydroxyl groups is 1. The lowest BCUT2D eigenvalue weighted by Crippen LogP contribution is -2.33. The highest BCUT2D eigenvalue weighted by Crippen LogP contribution is 2.27. The van der Waals surface area contributed by atoms with Gasteiger partial charge in [0, 0.05) is 25.1 Å². The van der Waals surface area contributed by atoms with Gasteiger partial charge in [-0.05, 0) is 24.8 Å². The predicted molar refractivity (Wildman–Crippen MR) is 83.1 cm³/mol. The largest absolute Gasteiger partial charge is 0.396 e. The lowest BCUT2D eigenvalue weighted by Gasteiger charge is -2.19. The van der Waals surface area contributed by atoms with Crippen molar-refractivity contribution in [2.45, 2.75) is 19.8 Å². The van der Waals surface area contributed by atoms with Crippen molar-refractivity contribution in [2.24, 2.45) is 0 Å². The molecule has 0 saturated heterocycles. The van der Waals surface area contributed by atoms with E-state index in [1.54, 1.807) is 27.6 Å². The van der Waals surface area contributed by atoms with Crippen LogP contribution >= 0.6 is 22.7 Å². The van der Waals surface area contributed by atoms with Crippen LogP contribution in [0.3, 0.4) is 0 Å². The minimum Gasteiger partial charge on any atom is -0.396 e. The summed E-state index contributed by atoms with van der Waals surface area (Å²) in [5.41, 5.74) is 0.825. The van der Waals surface area contributed by atoms with Crippen LogP contribution in [0.2, 0.25) is 0 Å². The molecule has 108 valence electrons. The summed E-state index contributed by atoms with van der Waals surface area (Å²) in [6, 6.07) is 4.04. The highest BCUT2D eigenvalue weighted by molar-refractivity contribution is 7.20. The molecule has 2 heterocycles. The SMILES string of the molecule is CCN(CCCO)C(=O)Cc1csc(-c2cccs2)n1. The maximum Gasteiger partial charge on any atom is 0.228 e. The summed E-state index contributed by atoms with van der Waals surface area (Å²) >= 11 is 3.23. The van der Waals surface area contributed by atoms with Crippen LogP contribution in [0.4, 0.5) is 0 Å². The second-order valence-electron chi connectivity index (χ2n) is 4.35. The topological polar surface area (TPSA) is 53.4 Å². The van der Waals surface area contributed by atoms with E-state index in [2.05, 4.69) is 4.98 Å². The summed E-state index contributed by atoms with van der Waals surface area (Å²) in [5.74, 6) is 0.0731. The van der Waals surface area contributed by atoms with Crippen LogP contribution in [0, 0.1) is 0 Å². The number of rotatable bonds is 7. The molecule has 1 amide bonds. The molecule has 0 aromatic carbocycles. The Bertz CT molecular complexity index is 537. The predicted octanol–water partition coefficient (Wildman–Crippen LogP) is 2.65. The van der Waals surface area contributed by atoms with Crippen molar-refractivity contribution < 1.29 is 9.90 Å². The second-order valence-corrected chi connectivity index (χ2v) is 6.15. The zero-order valence-electron chi connectivity index (χ0n) is 11.4. The Morgan fingerprint density at radius 1 is 1.45 bits per heavy atom. The van der Waals surface area contributed by atoms with Gasteiger partial charge in [0.05, 0.1) is 17.0 Å². The van der Waals surface area contributed by atoms with Crippen LogP contribution in [0.1, 0.15) is 19.0 Å². The third kappa shape index (κ3) is 3.88. The van der Waals surface area contributed by atoms with Crippen molar-refractivity contribution in [3.05, 3.63) is 28.6 Å². The molecule has 2 aromatic heterocycles. The number of thiophene rings is 1. The fourth-order valence-corrected chi connectivity index (χ4v) is 3.52. The van der Waals surface area contributed by atoms with Crippen molar-refractivity contribution in [1.29, 1.82) is 0 Å². The molecule has 1 N–H and O–H groups in total. The summed E-state index contributed by atoms with van der Waals surface area (Å²) < 4.78 is 0. The summed E-state index contributed by atoms with van der Waals surface area (Å²) in [6.07, 6.45) is 0.957. The van der Waals surface area contributed by atoms with E-state index < -0.39 is 0 Å². The number of nitrogens with zero attached hydrogens (tertiary/aromatic N) is 2. The number of carbonyl (C=O) groups is 1. The van der Waals surface area contributed by atoms with Crippen molar-refractivity contribution in [1.82, 2.24) is 9.88 Å². The zero-order valence-corrected chi connectivity index (χ0v) is 13.0. The average Bonchev–Trinajstić information content (AvgIpc) is 3.09. The Morgan fingerprint density at radius 2 is 2.30 bits per heavy atom. The summed E-state index contributed by atoms with van der Waals surface area (Å²) in [5, 5.41) is 13.8. The normalized spacial score (nSPS) is 10.7. The highest BCUT2D eigenvalue weighted by atomic mass is 32.1. The first kappa shape index (κ1) is 15.2. The van der Waals surface area contributed by atoms with Crippen LogP contribution in [0.5, 0.6) is 0 Å². The van der Waals surface area contributed by atoms with Gasteiger partial charge in [0.2, 0.25) is 5.91 Å². The smallest absolute Gasteiger partial charge is 0.228 e. The number of aliphatic hydroxyl groups excluding tert-OH is 1. The van der Waals surface area contributed by atoms with Gasteiger partial charge in [0.25, 0.3) is 0 Å². The molecule has 6 heteroatoms. The molecule has 0 atom stereocenters. The zero-order chi connectivity index (χ0) is 14.4. The van der Waals surface area contributed by atoms with E-state index in [1.165, 1.54) is 0 Å². The quantitative estimate of drug-likeness (QED) is 0.855. The number of likely N-dealkylation sites (N-methyl/N-ethyl adjacent to an activating group) is 1. The second kappa shape index (κ2) is 7.52. The van der Waals surface area contributed by atoms with Gasteiger partial charge < -0.3 is 10.0 Å². The minimum atomic E-state index is 0.0731. The van der Waals surface area contributed by atoms with Crippen LogP contribution in [-0.4, -0.2) is 40.6 Å². The molecule has 0 aliphatic heterocycles. The van der Waals surface area contributed by atoms with Crippen LogP contribution in [0.15, 0.2) is 22.9 Å². The molecule has 0 aliphatic rings. The van der Waals surface area contributed by atoms with Crippen LogP contribution in [0.25, 0.3) is 9.88 Å². The molecule has 0 fully saturated rings. The number of amides is 1.